The summed E-state index contributed by atoms with van der Waals surface area (Å²) in [6.45, 7) is 18.5. The Morgan fingerprint density at radius 2 is 0.971 bits per heavy atom. The molecule has 0 bridgehead atoms. The summed E-state index contributed by atoms with van der Waals surface area (Å²) in [6.07, 6.45) is 7.50. The number of nitrogens with zero attached hydrogens (tertiary/aromatic N) is 6. The van der Waals surface area contributed by atoms with Crippen LogP contribution in [0.1, 0.15) is 134 Å². The second kappa shape index (κ2) is 28.6. The number of fused-ring (bicyclic) bond motifs is 9. The van der Waals surface area contributed by atoms with Gasteiger partial charge >= 0.3 is 181 Å². The second-order valence-electron chi connectivity index (χ2n) is 17.1. The van der Waals surface area contributed by atoms with Crippen LogP contribution in [0, 0.1) is 39.0 Å². The van der Waals surface area contributed by atoms with Gasteiger partial charge in [-0.15, -0.1) is 0 Å². The molecule has 3 unspecified atom stereocenters. The molecule has 3 aliphatic rings. The topological polar surface area (TPSA) is 258 Å². The molecule has 0 radical (unpaired) electrons. The molecule has 16 nitrogen and oxygen atoms in total. The molecule has 358 valence electrons. The minimum absolute atomic E-state index is 0. The summed E-state index contributed by atoms with van der Waals surface area (Å²) in [7, 11) is 0. The Hall–Kier alpha value is -1.30. The standard InChI is InChI=1S/C17H17N2O3.C17H19N2O2.C16H15N2O2.CH4.3H2O.3Rb/c1-4-22-17(21)13-9-19-11(3)7-12-6-5-10(2)18-16(12)14(19)8-15(13)20;1-10-5-6-12-7-11(2)19-9-13(17(3,4)21)15(20)8-14(19)16(12)18-10;1-9-4-5-12-6-10(2)18-8-13(11(3)19)15(20)7-14(18)16(12)17-9;;;;;;;/h6,8-9,11H,4,7H2,1-3H3;6,8-9,11,21H,7H2,1-4H3;5,7-8,10H,6H2,1-3H3;1H4;3*1H2;;;/q3*-1;;;;;3*+1/p-3. The minimum atomic E-state index is -1.15. The number of ketones is 1. The molecule has 9 rings (SSSR count). The maximum atomic E-state index is 12.3. The van der Waals surface area contributed by atoms with Gasteiger partial charge in [-0.2, -0.15) is 16.7 Å². The number of ether oxygens (including phenoxy) is 1. The first-order valence-corrected chi connectivity index (χ1v) is 21.1. The molecule has 0 saturated heterocycles. The third-order valence-corrected chi connectivity index (χ3v) is 11.6. The van der Waals surface area contributed by atoms with Crippen LogP contribution in [0.25, 0.3) is 34.2 Å². The summed E-state index contributed by atoms with van der Waals surface area (Å²) < 4.78 is 10.9. The van der Waals surface area contributed by atoms with E-state index in [2.05, 4.69) is 47.0 Å². The van der Waals surface area contributed by atoms with Crippen LogP contribution < -0.4 is 191 Å². The summed E-state index contributed by atoms with van der Waals surface area (Å²) in [6, 6.07) is 20.3. The normalized spacial score (nSPS) is 14.9. The molecule has 0 amide bonds. The maximum absolute atomic E-state index is 12.3. The van der Waals surface area contributed by atoms with Crippen LogP contribution in [0.4, 0.5) is 0 Å². The summed E-state index contributed by atoms with van der Waals surface area (Å²) >= 11 is 0. The fraction of sp³-hybridized carbons (Fsp3) is 0.373. The summed E-state index contributed by atoms with van der Waals surface area (Å²) in [4.78, 5) is 73.6. The number of hydrogen-bond acceptors (Lipinski definition) is 13. The van der Waals surface area contributed by atoms with Crippen molar-refractivity contribution in [3.8, 4) is 34.2 Å². The Bertz CT molecular complexity index is 3020. The molecule has 0 spiro atoms. The zero-order valence-corrected chi connectivity index (χ0v) is 56.4. The van der Waals surface area contributed by atoms with Crippen molar-refractivity contribution >= 4 is 11.8 Å². The van der Waals surface area contributed by atoms with Crippen molar-refractivity contribution in [3.05, 3.63) is 154 Å². The summed E-state index contributed by atoms with van der Waals surface area (Å²) in [5.41, 5.74) is 9.34. The van der Waals surface area contributed by atoms with E-state index in [-0.39, 0.29) is 256 Å². The first-order valence-electron chi connectivity index (χ1n) is 21.1. The third-order valence-electron chi connectivity index (χ3n) is 11.6. The summed E-state index contributed by atoms with van der Waals surface area (Å²) in [5, 5.41) is 10.2. The quantitative estimate of drug-likeness (QED) is 0.116. The molecule has 4 N–H and O–H groups in total. The molecule has 0 saturated carbocycles. The Balaban J connectivity index is 0.000000972. The van der Waals surface area contributed by atoms with E-state index in [9.17, 15) is 29.1 Å². The van der Waals surface area contributed by atoms with E-state index in [1.807, 2.05) is 59.6 Å². The van der Waals surface area contributed by atoms with Gasteiger partial charge in [0, 0.05) is 77.6 Å². The Morgan fingerprint density at radius 1 is 0.643 bits per heavy atom. The number of esters is 1. The average molecular weight is 1170 g/mol. The van der Waals surface area contributed by atoms with Crippen LogP contribution in [0.5, 0.6) is 0 Å². The third kappa shape index (κ3) is 15.0. The fourth-order valence-corrected chi connectivity index (χ4v) is 8.38. The number of aryl methyl sites for hydroxylation is 3. The second-order valence-corrected chi connectivity index (χ2v) is 17.1. The van der Waals surface area contributed by atoms with E-state index < -0.39 is 11.6 Å². The largest absolute Gasteiger partial charge is 1.00 e. The average Bonchev–Trinajstić information content (AvgIpc) is 3.21. The Kier molecular flexibility index (Phi) is 28.0. The molecule has 0 aromatic carbocycles. The number of carbonyl (C=O) groups is 2. The van der Waals surface area contributed by atoms with Crippen molar-refractivity contribution < 1.29 is 210 Å². The molecule has 0 aliphatic carbocycles. The monoisotopic (exact) mass is 1170 g/mol. The van der Waals surface area contributed by atoms with Gasteiger partial charge in [0.15, 0.2) is 22.1 Å². The molecular weight excluding hydrogens is 1110 g/mol. The van der Waals surface area contributed by atoms with Crippen molar-refractivity contribution in [2.75, 3.05) is 6.61 Å². The van der Waals surface area contributed by atoms with Gasteiger partial charge in [0.05, 0.1) is 34.9 Å². The van der Waals surface area contributed by atoms with Crippen LogP contribution in [-0.2, 0) is 29.6 Å². The van der Waals surface area contributed by atoms with Gasteiger partial charge in [-0.25, -0.2) is 41.2 Å². The molecule has 3 aliphatic heterocycles. The van der Waals surface area contributed by atoms with Crippen molar-refractivity contribution in [2.24, 2.45) is 0 Å². The first-order chi connectivity index (χ1) is 29.7. The van der Waals surface area contributed by atoms with Gasteiger partial charge in [-0.1, -0.05) is 43.8 Å². The number of hydrogen-bond donors (Lipinski definition) is 1. The fourth-order valence-electron chi connectivity index (χ4n) is 8.38. The van der Waals surface area contributed by atoms with Crippen molar-refractivity contribution in [1.82, 2.24) is 28.7 Å². The van der Waals surface area contributed by atoms with Gasteiger partial charge in [-0.3, -0.25) is 34.1 Å². The van der Waals surface area contributed by atoms with Gasteiger partial charge in [0.2, 0.25) is 0 Å². The smallest absolute Gasteiger partial charge is 0.870 e. The van der Waals surface area contributed by atoms with Crippen LogP contribution in [0.2, 0.25) is 0 Å². The van der Waals surface area contributed by atoms with E-state index >= 15 is 0 Å². The number of pyridine rings is 6. The van der Waals surface area contributed by atoms with Crippen molar-refractivity contribution in [3.63, 3.8) is 0 Å². The van der Waals surface area contributed by atoms with Gasteiger partial charge in [-0.05, 0) is 69.2 Å². The van der Waals surface area contributed by atoms with E-state index in [0.29, 0.717) is 5.56 Å². The molecule has 3 atom stereocenters. The minimum Gasteiger partial charge on any atom is -0.870 e. The van der Waals surface area contributed by atoms with Gasteiger partial charge in [0.1, 0.15) is 5.56 Å². The first kappa shape index (κ1) is 68.7. The van der Waals surface area contributed by atoms with Gasteiger partial charge in [0.25, 0.3) is 0 Å². The molecule has 19 heteroatoms. The number of aromatic nitrogens is 6. The molecule has 6 aromatic rings. The zero-order chi connectivity index (χ0) is 45.7. The Morgan fingerprint density at radius 3 is 1.31 bits per heavy atom. The van der Waals surface area contributed by atoms with Crippen molar-refractivity contribution in [2.45, 2.75) is 120 Å². The molecule has 70 heavy (non-hydrogen) atoms. The predicted octanol–water partition coefficient (Wildman–Crippen LogP) is -1.87. The van der Waals surface area contributed by atoms with Crippen LogP contribution in [-0.4, -0.2) is 68.5 Å². The SMILES string of the molecule is C.CC(=O)c1cn2c(cc1=O)-c1nc(C)[c-]cc1CC2C.CCOC(=O)c1cn2c(cc1=O)-c1nc(C)[c-]cc1CC2C.Cc1[c-]cc2c(n1)-c1cc(=O)c(C(C)(C)O)cn1C(C)C2.[OH-].[OH-].[OH-].[Rb+].[Rb+].[Rb+]. The van der Waals surface area contributed by atoms with Crippen LogP contribution in [0.15, 0.2) is 69.4 Å². The predicted molar refractivity (Wildman–Crippen MR) is 252 cm³/mol. The number of Topliss-reactive ketones (excluding diaryl/α,β-unsaturated/α-hetero) is 1. The number of carbonyl (C=O) groups excluding carboxylic acids is 2. The Labute approximate surface area is 555 Å². The van der Waals surface area contributed by atoms with Gasteiger partial charge < -0.3 is 40.0 Å². The van der Waals surface area contributed by atoms with E-state index in [1.165, 1.54) is 19.1 Å². The van der Waals surface area contributed by atoms with E-state index in [4.69, 9.17) is 4.74 Å². The maximum Gasteiger partial charge on any atom is 1.00 e. The summed E-state index contributed by atoms with van der Waals surface area (Å²) in [5.74, 6) is -0.778. The zero-order valence-electron chi connectivity index (χ0n) is 41.7. The van der Waals surface area contributed by atoms with Crippen molar-refractivity contribution in [1.29, 1.82) is 0 Å². The van der Waals surface area contributed by atoms with Crippen LogP contribution in [0.3, 0.4) is 0 Å². The molecular formula is C51H58N6O10Rb3-3. The number of aliphatic hydroxyl groups is 1. The number of rotatable bonds is 4. The molecule has 0 fully saturated rings. The van der Waals surface area contributed by atoms with E-state index in [0.717, 1.165) is 87.2 Å². The molecule has 6 aromatic heterocycles. The van der Waals surface area contributed by atoms with Crippen LogP contribution >= 0.6 is 0 Å². The molecule has 9 heterocycles. The van der Waals surface area contributed by atoms with E-state index in [1.54, 1.807) is 45.4 Å².